The zero-order chi connectivity index (χ0) is 13.5. The molecule has 1 atom stereocenters. The van der Waals surface area contributed by atoms with Crippen LogP contribution in [0.15, 0.2) is 41.1 Å². The molecule has 2 rings (SSSR count). The van der Waals surface area contributed by atoms with Gasteiger partial charge in [-0.15, -0.1) is 0 Å². The van der Waals surface area contributed by atoms with E-state index in [1.54, 1.807) is 11.3 Å². The molecule has 1 aromatic heterocycles. The molecule has 1 N–H and O–H groups in total. The average Bonchev–Trinajstić information content (AvgIpc) is 2.91. The third kappa shape index (κ3) is 4.48. The van der Waals surface area contributed by atoms with Gasteiger partial charge in [-0.3, -0.25) is 0 Å². The second kappa shape index (κ2) is 7.46. The van der Waals surface area contributed by atoms with Gasteiger partial charge >= 0.3 is 0 Å². The Morgan fingerprint density at radius 2 is 2.00 bits per heavy atom. The summed E-state index contributed by atoms with van der Waals surface area (Å²) in [6.45, 7) is 6.54. The molecule has 0 aliphatic carbocycles. The van der Waals surface area contributed by atoms with Gasteiger partial charge in [0, 0.05) is 0 Å². The van der Waals surface area contributed by atoms with Crippen molar-refractivity contribution in [2.45, 2.75) is 26.7 Å². The molecule has 0 fully saturated rings. The Hall–Kier alpha value is -1.12. The molecule has 0 bridgehead atoms. The van der Waals surface area contributed by atoms with Gasteiger partial charge in [0.15, 0.2) is 0 Å². The summed E-state index contributed by atoms with van der Waals surface area (Å²) in [5.41, 5.74) is 4.37. The minimum atomic E-state index is 0.677. The number of nitrogens with one attached hydrogen (secondary N) is 1. The van der Waals surface area contributed by atoms with E-state index in [9.17, 15) is 0 Å². The molecule has 1 aromatic carbocycles. The predicted octanol–water partition coefficient (Wildman–Crippen LogP) is 4.07. The summed E-state index contributed by atoms with van der Waals surface area (Å²) in [7, 11) is 0. The van der Waals surface area contributed by atoms with E-state index < -0.39 is 0 Å². The Kier molecular flexibility index (Phi) is 5.62. The number of thiophene rings is 1. The first-order valence-electron chi connectivity index (χ1n) is 7.06. The van der Waals surface area contributed by atoms with E-state index in [1.807, 2.05) is 0 Å². The lowest BCUT2D eigenvalue weighted by molar-refractivity contribution is 0.478. The number of aryl methyl sites for hydroxylation is 1. The van der Waals surface area contributed by atoms with Crippen LogP contribution >= 0.6 is 11.3 Å². The van der Waals surface area contributed by atoms with E-state index >= 15 is 0 Å². The van der Waals surface area contributed by atoms with Crippen molar-refractivity contribution in [1.82, 2.24) is 5.32 Å². The van der Waals surface area contributed by atoms with Crippen molar-refractivity contribution in [3.05, 3.63) is 57.8 Å². The molecule has 2 aromatic rings. The van der Waals surface area contributed by atoms with Crippen LogP contribution in [0.5, 0.6) is 0 Å². The van der Waals surface area contributed by atoms with Crippen molar-refractivity contribution >= 4 is 11.3 Å². The minimum absolute atomic E-state index is 0.677. The van der Waals surface area contributed by atoms with E-state index in [0.717, 1.165) is 19.5 Å². The number of rotatable bonds is 7. The second-order valence-corrected chi connectivity index (χ2v) is 5.92. The van der Waals surface area contributed by atoms with Gasteiger partial charge in [0.2, 0.25) is 0 Å². The van der Waals surface area contributed by atoms with Crippen molar-refractivity contribution < 1.29 is 0 Å². The van der Waals surface area contributed by atoms with Gasteiger partial charge in [0.25, 0.3) is 0 Å². The normalized spacial score (nSPS) is 12.5. The molecular weight excluding hydrogens is 250 g/mol. The molecule has 0 saturated heterocycles. The summed E-state index contributed by atoms with van der Waals surface area (Å²) in [6, 6.07) is 11.0. The van der Waals surface area contributed by atoms with Gasteiger partial charge in [0.1, 0.15) is 0 Å². The molecule has 0 amide bonds. The second-order valence-electron chi connectivity index (χ2n) is 5.14. The Morgan fingerprint density at radius 1 is 1.16 bits per heavy atom. The lowest BCUT2D eigenvalue weighted by Crippen LogP contribution is -2.25. The molecule has 2 heteroatoms. The first-order chi connectivity index (χ1) is 9.29. The molecule has 0 aliphatic rings. The van der Waals surface area contributed by atoms with Crippen LogP contribution in [0.2, 0.25) is 0 Å². The van der Waals surface area contributed by atoms with Gasteiger partial charge in [-0.05, 0) is 72.3 Å². The van der Waals surface area contributed by atoms with Crippen LogP contribution in [0.1, 0.15) is 23.6 Å². The zero-order valence-corrected chi connectivity index (χ0v) is 12.7. The maximum absolute atomic E-state index is 3.50. The summed E-state index contributed by atoms with van der Waals surface area (Å²) in [6.07, 6.45) is 2.33. The summed E-state index contributed by atoms with van der Waals surface area (Å²) in [4.78, 5) is 0. The molecule has 1 heterocycles. The highest BCUT2D eigenvalue weighted by atomic mass is 32.1. The molecule has 0 spiro atoms. The summed E-state index contributed by atoms with van der Waals surface area (Å²) < 4.78 is 0. The van der Waals surface area contributed by atoms with Crippen LogP contribution < -0.4 is 5.32 Å². The summed E-state index contributed by atoms with van der Waals surface area (Å²) in [5, 5.41) is 7.95. The molecule has 19 heavy (non-hydrogen) atoms. The van der Waals surface area contributed by atoms with E-state index in [1.165, 1.54) is 23.1 Å². The van der Waals surface area contributed by atoms with Crippen LogP contribution in [0.25, 0.3) is 0 Å². The fourth-order valence-electron chi connectivity index (χ4n) is 2.46. The third-order valence-corrected chi connectivity index (χ3v) is 4.29. The van der Waals surface area contributed by atoms with E-state index in [2.05, 4.69) is 60.3 Å². The predicted molar refractivity (Wildman–Crippen MR) is 84.9 cm³/mol. The van der Waals surface area contributed by atoms with Crippen molar-refractivity contribution in [2.24, 2.45) is 5.92 Å². The van der Waals surface area contributed by atoms with E-state index in [-0.39, 0.29) is 0 Å². The fourth-order valence-corrected chi connectivity index (χ4v) is 3.14. The number of benzene rings is 1. The Bertz CT molecular complexity index is 476. The Morgan fingerprint density at radius 3 is 2.68 bits per heavy atom. The SMILES string of the molecule is CCNCC(Cc1ccsc1)Cc1ccccc1C. The first-order valence-corrected chi connectivity index (χ1v) is 8.00. The van der Waals surface area contributed by atoms with Gasteiger partial charge in [-0.2, -0.15) is 11.3 Å². The number of hydrogen-bond donors (Lipinski definition) is 1. The van der Waals surface area contributed by atoms with Crippen molar-refractivity contribution in [2.75, 3.05) is 13.1 Å². The quantitative estimate of drug-likeness (QED) is 0.802. The van der Waals surface area contributed by atoms with Gasteiger partial charge in [-0.1, -0.05) is 31.2 Å². The van der Waals surface area contributed by atoms with E-state index in [0.29, 0.717) is 5.92 Å². The van der Waals surface area contributed by atoms with Crippen molar-refractivity contribution in [3.63, 3.8) is 0 Å². The molecule has 102 valence electrons. The molecule has 0 radical (unpaired) electrons. The topological polar surface area (TPSA) is 12.0 Å². The molecule has 0 saturated carbocycles. The van der Waals surface area contributed by atoms with E-state index in [4.69, 9.17) is 0 Å². The summed E-state index contributed by atoms with van der Waals surface area (Å²) in [5.74, 6) is 0.677. The smallest absolute Gasteiger partial charge is 0.00143 e. The molecule has 0 aliphatic heterocycles. The maximum Gasteiger partial charge on any atom is -0.00143 e. The summed E-state index contributed by atoms with van der Waals surface area (Å²) >= 11 is 1.79. The lowest BCUT2D eigenvalue weighted by atomic mass is 9.91. The largest absolute Gasteiger partial charge is 0.317 e. The van der Waals surface area contributed by atoms with Crippen LogP contribution in [0.3, 0.4) is 0 Å². The third-order valence-electron chi connectivity index (χ3n) is 3.56. The lowest BCUT2D eigenvalue weighted by Gasteiger charge is -2.18. The zero-order valence-electron chi connectivity index (χ0n) is 11.9. The van der Waals surface area contributed by atoms with Gasteiger partial charge in [-0.25, -0.2) is 0 Å². The fraction of sp³-hybridized carbons (Fsp3) is 0.412. The highest BCUT2D eigenvalue weighted by molar-refractivity contribution is 7.07. The Balaban J connectivity index is 2.03. The minimum Gasteiger partial charge on any atom is -0.317 e. The van der Waals surface area contributed by atoms with Crippen molar-refractivity contribution in [3.8, 4) is 0 Å². The highest BCUT2D eigenvalue weighted by Crippen LogP contribution is 2.18. The maximum atomic E-state index is 3.50. The highest BCUT2D eigenvalue weighted by Gasteiger charge is 2.12. The first kappa shape index (κ1) is 14.3. The average molecular weight is 273 g/mol. The number of hydrogen-bond acceptors (Lipinski definition) is 2. The van der Waals surface area contributed by atoms with Crippen LogP contribution in [0, 0.1) is 12.8 Å². The van der Waals surface area contributed by atoms with Gasteiger partial charge in [0.05, 0.1) is 0 Å². The monoisotopic (exact) mass is 273 g/mol. The van der Waals surface area contributed by atoms with Crippen LogP contribution in [-0.2, 0) is 12.8 Å². The van der Waals surface area contributed by atoms with Crippen molar-refractivity contribution in [1.29, 1.82) is 0 Å². The Labute approximate surface area is 120 Å². The van der Waals surface area contributed by atoms with Crippen LogP contribution in [-0.4, -0.2) is 13.1 Å². The standard InChI is InChI=1S/C17H23NS/c1-3-18-12-16(10-15-8-9-19-13-15)11-17-7-5-4-6-14(17)2/h4-9,13,16,18H,3,10-12H2,1-2H3. The molecule has 1 unspecified atom stereocenters. The molecule has 1 nitrogen and oxygen atoms in total. The molecular formula is C17H23NS. The van der Waals surface area contributed by atoms with Crippen LogP contribution in [0.4, 0.5) is 0 Å². The van der Waals surface area contributed by atoms with Gasteiger partial charge < -0.3 is 5.32 Å².